The number of benzene rings is 3. The molecular weight excluding hydrogens is 453 g/mol. The number of nitrogens with one attached hydrogen (secondary N) is 1. The second-order valence-electron chi connectivity index (χ2n) is 9.07. The van der Waals surface area contributed by atoms with Crippen molar-refractivity contribution in [2.45, 2.75) is 18.1 Å². The van der Waals surface area contributed by atoms with Gasteiger partial charge in [-0.25, -0.2) is 0 Å². The minimum absolute atomic E-state index is 0.0519. The van der Waals surface area contributed by atoms with Crippen molar-refractivity contribution in [1.82, 2.24) is 10.2 Å². The fraction of sp³-hybridized carbons (Fsp3) is 0.321. The summed E-state index contributed by atoms with van der Waals surface area (Å²) in [5, 5.41) is 3.35. The molecule has 5 rings (SSSR count). The van der Waals surface area contributed by atoms with Crippen molar-refractivity contribution in [1.29, 1.82) is 0 Å². The smallest absolute Gasteiger partial charge is 0.377 e. The molecule has 0 aromatic heterocycles. The molecule has 182 valence electrons. The van der Waals surface area contributed by atoms with E-state index in [-0.39, 0.29) is 23.8 Å². The van der Waals surface area contributed by atoms with Gasteiger partial charge in [0.2, 0.25) is 5.91 Å². The number of alkyl halides is 3. The number of morpholine rings is 1. The topological polar surface area (TPSA) is 41.6 Å². The van der Waals surface area contributed by atoms with Crippen LogP contribution in [0.2, 0.25) is 0 Å². The molecule has 2 saturated heterocycles. The van der Waals surface area contributed by atoms with Gasteiger partial charge < -0.3 is 15.0 Å². The highest BCUT2D eigenvalue weighted by Crippen LogP contribution is 2.39. The van der Waals surface area contributed by atoms with E-state index < -0.39 is 11.7 Å². The molecule has 2 aliphatic heterocycles. The molecule has 0 unspecified atom stereocenters. The van der Waals surface area contributed by atoms with Crippen LogP contribution in [0.3, 0.4) is 0 Å². The first-order valence-corrected chi connectivity index (χ1v) is 11.8. The number of hydrogen-bond acceptors (Lipinski definition) is 3. The fourth-order valence-corrected chi connectivity index (χ4v) is 5.24. The molecule has 3 aromatic carbocycles. The number of hydrogen-bond donors (Lipinski definition) is 1. The molecule has 2 aliphatic rings. The molecule has 1 N–H and O–H groups in total. The number of nitrogens with zero attached hydrogens (tertiary/aromatic N) is 1. The summed E-state index contributed by atoms with van der Waals surface area (Å²) >= 11 is 0. The Kier molecular flexibility index (Phi) is 6.62. The summed E-state index contributed by atoms with van der Waals surface area (Å²) in [5.74, 6) is -0.408. The lowest BCUT2D eigenvalue weighted by Crippen LogP contribution is -2.47. The van der Waals surface area contributed by atoms with Gasteiger partial charge in [0.1, 0.15) is 0 Å². The number of carbonyl (C=O) groups is 1. The minimum atomic E-state index is -4.42. The molecule has 0 aliphatic carbocycles. The molecule has 3 atom stereocenters. The van der Waals surface area contributed by atoms with Crippen LogP contribution in [-0.4, -0.2) is 43.7 Å². The lowest BCUT2D eigenvalue weighted by molar-refractivity contribution is -0.144. The third-order valence-corrected chi connectivity index (χ3v) is 6.99. The number of halogens is 3. The summed E-state index contributed by atoms with van der Waals surface area (Å²) in [4.78, 5) is 15.8. The maximum Gasteiger partial charge on any atom is 0.416 e. The number of amides is 1. The summed E-state index contributed by atoms with van der Waals surface area (Å²) in [6, 6.07) is 22.6. The molecule has 35 heavy (non-hydrogen) atoms. The normalized spacial score (nSPS) is 22.8. The van der Waals surface area contributed by atoms with Crippen molar-refractivity contribution >= 4 is 5.91 Å². The fourth-order valence-electron chi connectivity index (χ4n) is 5.24. The van der Waals surface area contributed by atoms with Gasteiger partial charge in [0, 0.05) is 25.6 Å². The Morgan fingerprint density at radius 2 is 1.71 bits per heavy atom. The molecule has 0 saturated carbocycles. The summed E-state index contributed by atoms with van der Waals surface area (Å²) < 4.78 is 45.8. The van der Waals surface area contributed by atoms with Crippen molar-refractivity contribution in [3.8, 4) is 11.1 Å². The Morgan fingerprint density at radius 1 is 0.943 bits per heavy atom. The molecule has 1 amide bonds. The van der Waals surface area contributed by atoms with Crippen LogP contribution in [0, 0.1) is 5.92 Å². The Labute approximate surface area is 202 Å². The van der Waals surface area contributed by atoms with Gasteiger partial charge >= 0.3 is 6.18 Å². The van der Waals surface area contributed by atoms with Crippen molar-refractivity contribution in [3.63, 3.8) is 0 Å². The van der Waals surface area contributed by atoms with E-state index in [1.807, 2.05) is 59.5 Å². The first-order valence-electron chi connectivity index (χ1n) is 11.8. The maximum absolute atomic E-state index is 13.9. The van der Waals surface area contributed by atoms with Crippen LogP contribution in [0.5, 0.6) is 0 Å². The highest BCUT2D eigenvalue weighted by molar-refractivity contribution is 5.82. The van der Waals surface area contributed by atoms with E-state index in [1.165, 1.54) is 12.1 Å². The van der Waals surface area contributed by atoms with Gasteiger partial charge in [-0.2, -0.15) is 13.2 Å². The average molecular weight is 481 g/mol. The van der Waals surface area contributed by atoms with Gasteiger partial charge in [0.15, 0.2) is 0 Å². The predicted molar refractivity (Wildman–Crippen MR) is 128 cm³/mol. The van der Waals surface area contributed by atoms with Crippen LogP contribution in [0.25, 0.3) is 11.1 Å². The zero-order valence-corrected chi connectivity index (χ0v) is 19.2. The standard InChI is InChI=1S/C28H27F3N2O2/c29-28(30,31)21-10-6-9-20(15-21)22-11-4-5-12-23(22)24-16-32-17-25(24)27(34)33-13-14-35-18-26(33)19-7-2-1-3-8-19/h1-12,15,24-26,32H,13-14,16-18H2/t24-,25+,26+/m0/s1. The van der Waals surface area contributed by atoms with Crippen molar-refractivity contribution in [2.75, 3.05) is 32.8 Å². The molecule has 2 heterocycles. The predicted octanol–water partition coefficient (Wildman–Crippen LogP) is 5.28. The third kappa shape index (κ3) is 4.83. The van der Waals surface area contributed by atoms with Crippen molar-refractivity contribution < 1.29 is 22.7 Å². The number of rotatable bonds is 4. The number of carbonyl (C=O) groups excluding carboxylic acids is 1. The van der Waals surface area contributed by atoms with Crippen LogP contribution in [0.4, 0.5) is 13.2 Å². The molecule has 3 aromatic rings. The molecule has 0 radical (unpaired) electrons. The molecule has 7 heteroatoms. The maximum atomic E-state index is 13.9. The molecular formula is C28H27F3N2O2. The summed E-state index contributed by atoms with van der Waals surface area (Å²) in [6.07, 6.45) is -4.42. The van der Waals surface area contributed by atoms with E-state index in [1.54, 1.807) is 6.07 Å². The van der Waals surface area contributed by atoms with Crippen molar-refractivity contribution in [3.05, 3.63) is 95.6 Å². The second-order valence-corrected chi connectivity index (χ2v) is 9.07. The second kappa shape index (κ2) is 9.84. The average Bonchev–Trinajstić information content (AvgIpc) is 3.38. The van der Waals surface area contributed by atoms with Gasteiger partial charge in [0.25, 0.3) is 0 Å². The van der Waals surface area contributed by atoms with E-state index in [9.17, 15) is 18.0 Å². The van der Waals surface area contributed by atoms with E-state index in [2.05, 4.69) is 5.32 Å². The monoisotopic (exact) mass is 480 g/mol. The minimum Gasteiger partial charge on any atom is -0.377 e. The quantitative estimate of drug-likeness (QED) is 0.553. The lowest BCUT2D eigenvalue weighted by atomic mass is 9.83. The van der Waals surface area contributed by atoms with Gasteiger partial charge in [-0.05, 0) is 34.4 Å². The number of ether oxygens (including phenoxy) is 1. The first-order chi connectivity index (χ1) is 16.9. The Morgan fingerprint density at radius 3 is 2.51 bits per heavy atom. The molecule has 2 fully saturated rings. The van der Waals surface area contributed by atoms with Crippen LogP contribution in [-0.2, 0) is 15.7 Å². The van der Waals surface area contributed by atoms with Crippen molar-refractivity contribution in [2.24, 2.45) is 5.92 Å². The molecule has 4 nitrogen and oxygen atoms in total. The van der Waals surface area contributed by atoms with Crippen LogP contribution in [0.1, 0.15) is 28.7 Å². The zero-order chi connectivity index (χ0) is 24.4. The van der Waals surface area contributed by atoms with Crippen LogP contribution < -0.4 is 5.32 Å². The summed E-state index contributed by atoms with van der Waals surface area (Å²) in [7, 11) is 0. The lowest BCUT2D eigenvalue weighted by Gasteiger charge is -2.38. The Bertz CT molecular complexity index is 1180. The summed E-state index contributed by atoms with van der Waals surface area (Å²) in [5.41, 5.74) is 2.47. The van der Waals surface area contributed by atoms with E-state index in [4.69, 9.17) is 4.74 Å². The Balaban J connectivity index is 1.46. The first kappa shape index (κ1) is 23.6. The van der Waals surface area contributed by atoms with Crippen LogP contribution in [0.15, 0.2) is 78.9 Å². The van der Waals surface area contributed by atoms with Gasteiger partial charge in [-0.1, -0.05) is 66.7 Å². The third-order valence-electron chi connectivity index (χ3n) is 6.99. The highest BCUT2D eigenvalue weighted by Gasteiger charge is 2.40. The summed E-state index contributed by atoms with van der Waals surface area (Å²) in [6.45, 7) is 2.56. The van der Waals surface area contributed by atoms with E-state index in [0.29, 0.717) is 38.4 Å². The van der Waals surface area contributed by atoms with Crippen LogP contribution >= 0.6 is 0 Å². The van der Waals surface area contributed by atoms with Gasteiger partial charge in [-0.15, -0.1) is 0 Å². The molecule has 0 bridgehead atoms. The largest absolute Gasteiger partial charge is 0.416 e. The Hall–Kier alpha value is -3.16. The zero-order valence-electron chi connectivity index (χ0n) is 19.2. The van der Waals surface area contributed by atoms with Gasteiger partial charge in [-0.3, -0.25) is 4.79 Å². The van der Waals surface area contributed by atoms with E-state index in [0.717, 1.165) is 22.8 Å². The van der Waals surface area contributed by atoms with Gasteiger partial charge in [0.05, 0.1) is 30.7 Å². The highest BCUT2D eigenvalue weighted by atomic mass is 19.4. The van der Waals surface area contributed by atoms with E-state index >= 15 is 0 Å². The SMILES string of the molecule is O=C([C@@H]1CNC[C@H]1c1ccccc1-c1cccc(C(F)(F)F)c1)N1CCOC[C@@H]1c1ccccc1. The molecule has 0 spiro atoms.